The highest BCUT2D eigenvalue weighted by molar-refractivity contribution is 5.92. The molecule has 21 heavy (non-hydrogen) atoms. The number of rotatable bonds is 3. The quantitative estimate of drug-likeness (QED) is 0.876. The fraction of sp³-hybridized carbons (Fsp3) is 0.429. The van der Waals surface area contributed by atoms with Crippen molar-refractivity contribution in [1.29, 1.82) is 0 Å². The van der Waals surface area contributed by atoms with Crippen LogP contribution in [0.1, 0.15) is 18.4 Å². The number of aromatic nitrogens is 4. The smallest absolute Gasteiger partial charge is 0.227 e. The predicted molar refractivity (Wildman–Crippen MR) is 78.1 cm³/mol. The molecule has 1 aromatic heterocycles. The van der Waals surface area contributed by atoms with Gasteiger partial charge in [0.05, 0.1) is 5.69 Å². The molecule has 2 aromatic rings. The van der Waals surface area contributed by atoms with Crippen LogP contribution in [0, 0.1) is 12.8 Å². The van der Waals surface area contributed by atoms with Crippen molar-refractivity contribution in [1.82, 2.24) is 25.5 Å². The van der Waals surface area contributed by atoms with Crippen LogP contribution in [0.15, 0.2) is 24.5 Å². The van der Waals surface area contributed by atoms with E-state index in [1.54, 1.807) is 11.0 Å². The van der Waals surface area contributed by atoms with E-state index in [0.29, 0.717) is 0 Å². The molecule has 0 unspecified atom stereocenters. The Bertz CT molecular complexity index is 618. The number of hydrogen-bond acceptors (Lipinski definition) is 5. The van der Waals surface area contributed by atoms with Crippen LogP contribution < -0.4 is 10.6 Å². The second-order valence-corrected chi connectivity index (χ2v) is 5.27. The summed E-state index contributed by atoms with van der Waals surface area (Å²) in [5, 5.41) is 17.4. The summed E-state index contributed by atoms with van der Waals surface area (Å²) in [5.41, 5.74) is 2.72. The fourth-order valence-corrected chi connectivity index (χ4v) is 2.59. The predicted octanol–water partition coefficient (Wildman–Crippen LogP) is 0.909. The Labute approximate surface area is 122 Å². The van der Waals surface area contributed by atoms with Gasteiger partial charge in [0.2, 0.25) is 5.91 Å². The third kappa shape index (κ3) is 3.08. The molecule has 0 aliphatic carbocycles. The second-order valence-electron chi connectivity index (χ2n) is 5.27. The molecule has 2 N–H and O–H groups in total. The molecule has 0 atom stereocenters. The first-order valence-corrected chi connectivity index (χ1v) is 7.09. The molecule has 1 aromatic carbocycles. The number of anilines is 1. The average Bonchev–Trinajstić information content (AvgIpc) is 3.02. The van der Waals surface area contributed by atoms with E-state index in [0.717, 1.165) is 42.9 Å². The van der Waals surface area contributed by atoms with Crippen LogP contribution in [-0.2, 0) is 4.79 Å². The first kappa shape index (κ1) is 13.7. The summed E-state index contributed by atoms with van der Waals surface area (Å²) in [4.78, 5) is 12.2. The molecule has 3 rings (SSSR count). The third-order valence-electron chi connectivity index (χ3n) is 3.77. The Hall–Kier alpha value is -2.28. The van der Waals surface area contributed by atoms with E-state index >= 15 is 0 Å². The highest BCUT2D eigenvalue weighted by atomic mass is 16.1. The van der Waals surface area contributed by atoms with E-state index in [1.165, 1.54) is 0 Å². The van der Waals surface area contributed by atoms with E-state index in [9.17, 15) is 4.79 Å². The van der Waals surface area contributed by atoms with Crippen molar-refractivity contribution < 1.29 is 4.79 Å². The van der Waals surface area contributed by atoms with Crippen molar-refractivity contribution in [3.8, 4) is 5.69 Å². The van der Waals surface area contributed by atoms with Crippen LogP contribution in [0.2, 0.25) is 0 Å². The van der Waals surface area contributed by atoms with Gasteiger partial charge in [0, 0.05) is 11.6 Å². The maximum absolute atomic E-state index is 12.2. The Kier molecular flexibility index (Phi) is 3.92. The minimum atomic E-state index is 0.103. The molecule has 0 radical (unpaired) electrons. The molecule has 1 amide bonds. The number of nitrogens with zero attached hydrogens (tertiary/aromatic N) is 4. The van der Waals surface area contributed by atoms with Crippen LogP contribution in [0.5, 0.6) is 0 Å². The first-order valence-electron chi connectivity index (χ1n) is 7.09. The summed E-state index contributed by atoms with van der Waals surface area (Å²) in [6.45, 7) is 3.79. The molecule has 0 saturated carbocycles. The minimum Gasteiger partial charge on any atom is -0.326 e. The van der Waals surface area contributed by atoms with E-state index in [1.807, 2.05) is 25.1 Å². The van der Waals surface area contributed by atoms with Gasteiger partial charge in [-0.1, -0.05) is 0 Å². The van der Waals surface area contributed by atoms with Gasteiger partial charge in [-0.15, -0.1) is 5.10 Å². The molecule has 7 nitrogen and oxygen atoms in total. The summed E-state index contributed by atoms with van der Waals surface area (Å²) in [7, 11) is 0. The molecule has 1 aliphatic heterocycles. The van der Waals surface area contributed by atoms with Crippen molar-refractivity contribution in [3.05, 3.63) is 30.1 Å². The highest BCUT2D eigenvalue weighted by Gasteiger charge is 2.20. The lowest BCUT2D eigenvalue weighted by Crippen LogP contribution is -2.34. The van der Waals surface area contributed by atoms with Gasteiger partial charge in [0.1, 0.15) is 6.33 Å². The average molecular weight is 286 g/mol. The molecule has 7 heteroatoms. The molecule has 0 spiro atoms. The number of tetrazole rings is 1. The van der Waals surface area contributed by atoms with Crippen LogP contribution in [0.25, 0.3) is 5.69 Å². The van der Waals surface area contributed by atoms with Crippen LogP contribution >= 0.6 is 0 Å². The molecule has 1 saturated heterocycles. The molecule has 1 fully saturated rings. The van der Waals surface area contributed by atoms with Crippen LogP contribution in [-0.4, -0.2) is 39.2 Å². The van der Waals surface area contributed by atoms with E-state index in [-0.39, 0.29) is 11.8 Å². The Morgan fingerprint density at radius 1 is 1.38 bits per heavy atom. The van der Waals surface area contributed by atoms with Gasteiger partial charge in [0.15, 0.2) is 0 Å². The zero-order chi connectivity index (χ0) is 14.7. The number of nitrogens with one attached hydrogen (secondary N) is 2. The largest absolute Gasteiger partial charge is 0.326 e. The third-order valence-corrected chi connectivity index (χ3v) is 3.77. The monoisotopic (exact) mass is 286 g/mol. The highest BCUT2D eigenvalue weighted by Crippen LogP contribution is 2.20. The molecular weight excluding hydrogens is 268 g/mol. The number of aryl methyl sites for hydroxylation is 1. The Balaban J connectivity index is 1.72. The van der Waals surface area contributed by atoms with E-state index < -0.39 is 0 Å². The zero-order valence-electron chi connectivity index (χ0n) is 11.9. The number of hydrogen-bond donors (Lipinski definition) is 2. The van der Waals surface area contributed by atoms with Gasteiger partial charge in [-0.3, -0.25) is 4.79 Å². The van der Waals surface area contributed by atoms with Crippen molar-refractivity contribution in [3.63, 3.8) is 0 Å². The van der Waals surface area contributed by atoms with Gasteiger partial charge >= 0.3 is 0 Å². The number of piperidine rings is 1. The lowest BCUT2D eigenvalue weighted by molar-refractivity contribution is -0.120. The van der Waals surface area contributed by atoms with Crippen molar-refractivity contribution >= 4 is 11.6 Å². The van der Waals surface area contributed by atoms with Crippen molar-refractivity contribution in [2.45, 2.75) is 19.8 Å². The lowest BCUT2D eigenvalue weighted by Gasteiger charge is -2.22. The van der Waals surface area contributed by atoms with E-state index in [4.69, 9.17) is 0 Å². The minimum absolute atomic E-state index is 0.103. The van der Waals surface area contributed by atoms with Crippen molar-refractivity contribution in [2.24, 2.45) is 5.92 Å². The van der Waals surface area contributed by atoms with Crippen molar-refractivity contribution in [2.75, 3.05) is 18.4 Å². The van der Waals surface area contributed by atoms with Gasteiger partial charge in [0.25, 0.3) is 0 Å². The number of carbonyl (C=O) groups is 1. The van der Waals surface area contributed by atoms with Crippen LogP contribution in [0.4, 0.5) is 5.69 Å². The molecule has 1 aliphatic rings. The van der Waals surface area contributed by atoms with Gasteiger partial charge < -0.3 is 10.6 Å². The summed E-state index contributed by atoms with van der Waals surface area (Å²) in [6, 6.07) is 5.72. The SMILES string of the molecule is Cc1cc(NC(=O)C2CCNCC2)ccc1-n1cnnn1. The standard InChI is InChI=1S/C14H18N6O/c1-10-8-12(2-3-13(10)20-9-16-18-19-20)17-14(21)11-4-6-15-7-5-11/h2-3,8-9,11,15H,4-7H2,1H3,(H,17,21). The molecular formula is C14H18N6O. The Morgan fingerprint density at radius 2 is 2.19 bits per heavy atom. The number of amides is 1. The van der Waals surface area contributed by atoms with E-state index in [2.05, 4.69) is 26.2 Å². The fourth-order valence-electron chi connectivity index (χ4n) is 2.59. The summed E-state index contributed by atoms with van der Waals surface area (Å²) >= 11 is 0. The number of carbonyl (C=O) groups excluding carboxylic acids is 1. The normalized spacial score (nSPS) is 15.9. The lowest BCUT2D eigenvalue weighted by atomic mass is 9.97. The first-order chi connectivity index (χ1) is 10.2. The van der Waals surface area contributed by atoms with Crippen LogP contribution in [0.3, 0.4) is 0 Å². The molecule has 2 heterocycles. The summed E-state index contributed by atoms with van der Waals surface area (Å²) in [6.07, 6.45) is 3.34. The molecule has 0 bridgehead atoms. The maximum Gasteiger partial charge on any atom is 0.227 e. The zero-order valence-corrected chi connectivity index (χ0v) is 11.9. The summed E-state index contributed by atoms with van der Waals surface area (Å²) < 4.78 is 1.60. The van der Waals surface area contributed by atoms with Gasteiger partial charge in [-0.25, -0.2) is 4.68 Å². The molecule has 110 valence electrons. The topological polar surface area (TPSA) is 84.7 Å². The number of benzene rings is 1. The van der Waals surface area contributed by atoms with Gasteiger partial charge in [-0.2, -0.15) is 0 Å². The summed E-state index contributed by atoms with van der Waals surface area (Å²) in [5.74, 6) is 0.205. The Morgan fingerprint density at radius 3 is 2.86 bits per heavy atom. The maximum atomic E-state index is 12.2. The second kappa shape index (κ2) is 6.01. The van der Waals surface area contributed by atoms with Gasteiger partial charge in [-0.05, 0) is 67.0 Å².